The number of non-ortho nitro benzene ring substituents is 1. The summed E-state index contributed by atoms with van der Waals surface area (Å²) < 4.78 is 39.4. The van der Waals surface area contributed by atoms with Crippen LogP contribution in [0.2, 0.25) is 0 Å². The molecule has 0 bridgehead atoms. The maximum Gasteiger partial charge on any atom is 0.272 e. The summed E-state index contributed by atoms with van der Waals surface area (Å²) in [6, 6.07) is 2.59. The number of benzene rings is 1. The summed E-state index contributed by atoms with van der Waals surface area (Å²) in [6.07, 6.45) is 2.44. The van der Waals surface area contributed by atoms with Crippen LogP contribution in [0.15, 0.2) is 23.1 Å². The van der Waals surface area contributed by atoms with E-state index < -0.39 is 31.3 Å². The quantitative estimate of drug-likeness (QED) is 0.628. The van der Waals surface area contributed by atoms with Crippen molar-refractivity contribution in [1.82, 2.24) is 4.31 Å². The molecule has 0 amide bonds. The Bertz CT molecular complexity index is 597. The maximum absolute atomic E-state index is 13.8. The van der Waals surface area contributed by atoms with Crippen LogP contribution in [0.3, 0.4) is 0 Å². The molecule has 1 aromatic rings. The standard InChI is InChI=1S/C11H13FN2O4S/c12-10-8-9(14(15)16)4-5-11(10)19(17,18)13-6-2-1-3-7-13/h4-5,8H,1-3,6-7H2. The smallest absolute Gasteiger partial charge is 0.258 e. The fourth-order valence-corrected chi connectivity index (χ4v) is 3.62. The molecular formula is C11H13FN2O4S. The number of piperidine rings is 1. The third-order valence-electron chi connectivity index (χ3n) is 3.06. The first-order valence-corrected chi connectivity index (χ1v) is 7.31. The minimum absolute atomic E-state index is 0.360. The Hall–Kier alpha value is -1.54. The first-order valence-electron chi connectivity index (χ1n) is 5.87. The molecular weight excluding hydrogens is 275 g/mol. The predicted octanol–water partition coefficient (Wildman–Crippen LogP) is 1.91. The summed E-state index contributed by atoms with van der Waals surface area (Å²) in [6.45, 7) is 0.720. The zero-order chi connectivity index (χ0) is 14.0. The van der Waals surface area contributed by atoms with Gasteiger partial charge >= 0.3 is 0 Å². The molecule has 8 heteroatoms. The zero-order valence-electron chi connectivity index (χ0n) is 10.1. The molecule has 0 saturated carbocycles. The zero-order valence-corrected chi connectivity index (χ0v) is 10.9. The molecule has 0 aliphatic carbocycles. The highest BCUT2D eigenvalue weighted by Crippen LogP contribution is 2.25. The largest absolute Gasteiger partial charge is 0.272 e. The van der Waals surface area contributed by atoms with E-state index in [1.54, 1.807) is 0 Å². The molecule has 6 nitrogen and oxygen atoms in total. The third-order valence-corrected chi connectivity index (χ3v) is 4.99. The van der Waals surface area contributed by atoms with Crippen molar-refractivity contribution in [2.24, 2.45) is 0 Å². The minimum atomic E-state index is -3.90. The maximum atomic E-state index is 13.8. The van der Waals surface area contributed by atoms with Gasteiger partial charge in [0.05, 0.1) is 11.0 Å². The highest BCUT2D eigenvalue weighted by atomic mass is 32.2. The van der Waals surface area contributed by atoms with Crippen LogP contribution in [0.4, 0.5) is 10.1 Å². The number of rotatable bonds is 3. The molecule has 2 rings (SSSR count). The lowest BCUT2D eigenvalue weighted by atomic mass is 10.2. The number of hydrogen-bond donors (Lipinski definition) is 0. The highest BCUT2D eigenvalue weighted by Gasteiger charge is 2.29. The normalized spacial score (nSPS) is 17.3. The van der Waals surface area contributed by atoms with Crippen molar-refractivity contribution in [3.63, 3.8) is 0 Å². The van der Waals surface area contributed by atoms with E-state index in [-0.39, 0.29) is 0 Å². The van der Waals surface area contributed by atoms with E-state index in [0.717, 1.165) is 31.4 Å². The average molecular weight is 288 g/mol. The third kappa shape index (κ3) is 2.74. The molecule has 1 aliphatic rings. The Morgan fingerprint density at radius 2 is 1.84 bits per heavy atom. The van der Waals surface area contributed by atoms with Crippen molar-refractivity contribution in [2.75, 3.05) is 13.1 Å². The van der Waals surface area contributed by atoms with Gasteiger partial charge < -0.3 is 0 Å². The van der Waals surface area contributed by atoms with E-state index in [4.69, 9.17) is 0 Å². The van der Waals surface area contributed by atoms with E-state index in [1.165, 1.54) is 4.31 Å². The van der Waals surface area contributed by atoms with E-state index in [1.807, 2.05) is 0 Å². The van der Waals surface area contributed by atoms with Crippen LogP contribution in [0, 0.1) is 15.9 Å². The molecule has 0 radical (unpaired) electrons. The number of hydrogen-bond acceptors (Lipinski definition) is 4. The summed E-state index contributed by atoms with van der Waals surface area (Å²) in [7, 11) is -3.90. The Morgan fingerprint density at radius 1 is 1.21 bits per heavy atom. The van der Waals surface area contributed by atoms with Crippen molar-refractivity contribution < 1.29 is 17.7 Å². The van der Waals surface area contributed by atoms with Crippen LogP contribution >= 0.6 is 0 Å². The summed E-state index contributed by atoms with van der Waals surface area (Å²) in [4.78, 5) is 9.23. The molecule has 0 unspecified atom stereocenters. The lowest BCUT2D eigenvalue weighted by molar-refractivity contribution is -0.385. The van der Waals surface area contributed by atoms with E-state index in [0.29, 0.717) is 19.2 Å². The van der Waals surface area contributed by atoms with Gasteiger partial charge in [-0.2, -0.15) is 4.31 Å². The number of nitro groups is 1. The fraction of sp³-hybridized carbons (Fsp3) is 0.455. The van der Waals surface area contributed by atoms with Crippen LogP contribution in [0.1, 0.15) is 19.3 Å². The lowest BCUT2D eigenvalue weighted by Gasteiger charge is -2.25. The van der Waals surface area contributed by atoms with Gasteiger partial charge in [-0.25, -0.2) is 12.8 Å². The molecule has 19 heavy (non-hydrogen) atoms. The Kier molecular flexibility index (Phi) is 3.81. The fourth-order valence-electron chi connectivity index (χ4n) is 2.06. The monoisotopic (exact) mass is 288 g/mol. The Balaban J connectivity index is 2.37. The SMILES string of the molecule is O=[N+]([O-])c1ccc(S(=O)(=O)N2CCCCC2)c(F)c1. The van der Waals surface area contributed by atoms with Crippen LogP contribution in [0.5, 0.6) is 0 Å². The number of sulfonamides is 1. The summed E-state index contributed by atoms with van der Waals surface area (Å²) in [5.74, 6) is -1.08. The van der Waals surface area contributed by atoms with Crippen LogP contribution in [-0.4, -0.2) is 30.7 Å². The van der Waals surface area contributed by atoms with E-state index >= 15 is 0 Å². The lowest BCUT2D eigenvalue weighted by Crippen LogP contribution is -2.36. The van der Waals surface area contributed by atoms with Crippen molar-refractivity contribution >= 4 is 15.7 Å². The van der Waals surface area contributed by atoms with Gasteiger partial charge in [-0.15, -0.1) is 0 Å². The molecule has 1 saturated heterocycles. The van der Waals surface area contributed by atoms with Gasteiger partial charge in [-0.3, -0.25) is 10.1 Å². The van der Waals surface area contributed by atoms with Gasteiger partial charge in [0.15, 0.2) is 0 Å². The summed E-state index contributed by atoms with van der Waals surface area (Å²) in [5, 5.41) is 10.5. The topological polar surface area (TPSA) is 80.5 Å². The molecule has 0 atom stereocenters. The van der Waals surface area contributed by atoms with E-state index in [9.17, 15) is 22.9 Å². The number of halogens is 1. The molecule has 1 heterocycles. The molecule has 1 aliphatic heterocycles. The second-order valence-electron chi connectivity index (χ2n) is 4.34. The van der Waals surface area contributed by atoms with Crippen LogP contribution < -0.4 is 0 Å². The van der Waals surface area contributed by atoms with Gasteiger partial charge in [0, 0.05) is 19.2 Å². The van der Waals surface area contributed by atoms with Gasteiger partial charge in [-0.1, -0.05) is 6.42 Å². The summed E-state index contributed by atoms with van der Waals surface area (Å²) in [5.41, 5.74) is -0.463. The van der Waals surface area contributed by atoms with Crippen LogP contribution in [0.25, 0.3) is 0 Å². The van der Waals surface area contributed by atoms with Crippen LogP contribution in [-0.2, 0) is 10.0 Å². The van der Waals surface area contributed by atoms with Gasteiger partial charge in [0.1, 0.15) is 10.7 Å². The average Bonchev–Trinajstić information content (AvgIpc) is 2.39. The van der Waals surface area contributed by atoms with Crippen molar-refractivity contribution in [3.8, 4) is 0 Å². The second kappa shape index (κ2) is 5.22. The Morgan fingerprint density at radius 3 is 2.37 bits per heavy atom. The second-order valence-corrected chi connectivity index (χ2v) is 6.24. The van der Waals surface area contributed by atoms with E-state index in [2.05, 4.69) is 0 Å². The molecule has 0 spiro atoms. The minimum Gasteiger partial charge on any atom is -0.258 e. The molecule has 1 aromatic carbocycles. The summed E-state index contributed by atoms with van der Waals surface area (Å²) >= 11 is 0. The molecule has 104 valence electrons. The number of nitrogens with zero attached hydrogens (tertiary/aromatic N) is 2. The molecule has 0 aromatic heterocycles. The highest BCUT2D eigenvalue weighted by molar-refractivity contribution is 7.89. The van der Waals surface area contributed by atoms with Crippen molar-refractivity contribution in [1.29, 1.82) is 0 Å². The molecule has 0 N–H and O–H groups in total. The van der Waals surface area contributed by atoms with Crippen molar-refractivity contribution in [3.05, 3.63) is 34.1 Å². The first-order chi connectivity index (χ1) is 8.93. The number of nitro benzene ring substituents is 1. The van der Waals surface area contributed by atoms with Gasteiger partial charge in [-0.05, 0) is 18.9 Å². The first kappa shape index (κ1) is 13.9. The molecule has 1 fully saturated rings. The van der Waals surface area contributed by atoms with Gasteiger partial charge in [0.2, 0.25) is 10.0 Å². The van der Waals surface area contributed by atoms with Crippen molar-refractivity contribution in [2.45, 2.75) is 24.2 Å². The predicted molar refractivity (Wildman–Crippen MR) is 65.7 cm³/mol. The Labute approximate surface area is 110 Å². The van der Waals surface area contributed by atoms with Gasteiger partial charge in [0.25, 0.3) is 5.69 Å².